The number of amides is 1. The Hall–Kier alpha value is -1.68. The quantitative estimate of drug-likeness (QED) is 0.922. The molecule has 19 heavy (non-hydrogen) atoms. The third-order valence-corrected chi connectivity index (χ3v) is 3.57. The second kappa shape index (κ2) is 5.13. The minimum Gasteiger partial charge on any atom is -0.462 e. The maximum atomic E-state index is 12.0. The van der Waals surface area contributed by atoms with E-state index < -0.39 is 0 Å². The van der Waals surface area contributed by atoms with Crippen molar-refractivity contribution < 1.29 is 14.3 Å². The topological polar surface area (TPSA) is 47.6 Å². The van der Waals surface area contributed by atoms with E-state index in [1.54, 1.807) is 6.07 Å². The Morgan fingerprint density at radius 2 is 2.16 bits per heavy atom. The molecule has 0 bridgehead atoms. The van der Waals surface area contributed by atoms with Crippen LogP contribution in [0.1, 0.15) is 24.4 Å². The molecule has 1 saturated carbocycles. The van der Waals surface area contributed by atoms with Crippen molar-refractivity contribution in [3.63, 3.8) is 0 Å². The van der Waals surface area contributed by atoms with Crippen LogP contribution in [0, 0.1) is 5.92 Å². The predicted octanol–water partition coefficient (Wildman–Crippen LogP) is 2.75. The normalized spacial score (nSPS) is 19.1. The van der Waals surface area contributed by atoms with E-state index in [4.69, 9.17) is 21.1 Å². The SMILES string of the molecule is O=C(NC(C1=COCO1)c1ccccc1Cl)C1CC1. The molecule has 100 valence electrons. The zero-order valence-corrected chi connectivity index (χ0v) is 11.0. The van der Waals surface area contributed by atoms with Gasteiger partial charge in [0.2, 0.25) is 12.7 Å². The summed E-state index contributed by atoms with van der Waals surface area (Å²) >= 11 is 6.20. The van der Waals surface area contributed by atoms with E-state index in [0.717, 1.165) is 18.4 Å². The molecular formula is C14H14ClNO3. The molecule has 0 radical (unpaired) electrons. The fraction of sp³-hybridized carbons (Fsp3) is 0.357. The molecule has 4 nitrogen and oxygen atoms in total. The lowest BCUT2D eigenvalue weighted by atomic mass is 10.0. The lowest BCUT2D eigenvalue weighted by Crippen LogP contribution is -2.31. The third-order valence-electron chi connectivity index (χ3n) is 3.23. The Balaban J connectivity index is 1.87. The van der Waals surface area contributed by atoms with Crippen LogP contribution in [-0.2, 0) is 14.3 Å². The average molecular weight is 280 g/mol. The summed E-state index contributed by atoms with van der Waals surface area (Å²) in [7, 11) is 0. The van der Waals surface area contributed by atoms with Gasteiger partial charge in [-0.05, 0) is 18.9 Å². The third kappa shape index (κ3) is 2.68. The Morgan fingerprint density at radius 3 is 2.79 bits per heavy atom. The van der Waals surface area contributed by atoms with Gasteiger partial charge in [-0.15, -0.1) is 0 Å². The molecule has 1 aromatic carbocycles. The highest BCUT2D eigenvalue weighted by Crippen LogP contribution is 2.34. The van der Waals surface area contributed by atoms with Crippen LogP contribution >= 0.6 is 11.6 Å². The summed E-state index contributed by atoms with van der Waals surface area (Å²) in [6.07, 6.45) is 3.44. The number of carbonyl (C=O) groups excluding carboxylic acids is 1. The first-order chi connectivity index (χ1) is 9.25. The van der Waals surface area contributed by atoms with E-state index >= 15 is 0 Å². The van der Waals surface area contributed by atoms with Crippen molar-refractivity contribution in [3.8, 4) is 0 Å². The molecule has 1 atom stereocenters. The van der Waals surface area contributed by atoms with Gasteiger partial charge in [-0.1, -0.05) is 29.8 Å². The first-order valence-corrected chi connectivity index (χ1v) is 6.63. The number of hydrogen-bond donors (Lipinski definition) is 1. The van der Waals surface area contributed by atoms with Crippen molar-refractivity contribution in [1.29, 1.82) is 0 Å². The molecule has 5 heteroatoms. The minimum atomic E-state index is -0.385. The van der Waals surface area contributed by atoms with Crippen LogP contribution in [-0.4, -0.2) is 12.7 Å². The van der Waals surface area contributed by atoms with Gasteiger partial charge in [0.15, 0.2) is 5.76 Å². The fourth-order valence-corrected chi connectivity index (χ4v) is 2.27. The summed E-state index contributed by atoms with van der Waals surface area (Å²) in [4.78, 5) is 12.0. The monoisotopic (exact) mass is 279 g/mol. The summed E-state index contributed by atoms with van der Waals surface area (Å²) < 4.78 is 10.5. The van der Waals surface area contributed by atoms with E-state index in [1.807, 2.05) is 18.2 Å². The molecule has 1 aromatic rings. The molecule has 1 fully saturated rings. The van der Waals surface area contributed by atoms with E-state index in [-0.39, 0.29) is 24.7 Å². The number of carbonyl (C=O) groups is 1. The summed E-state index contributed by atoms with van der Waals surface area (Å²) in [5.41, 5.74) is 0.815. The molecule has 1 N–H and O–H groups in total. The molecule has 0 saturated heterocycles. The molecule has 2 aliphatic rings. The average Bonchev–Trinajstić information content (AvgIpc) is 3.13. The van der Waals surface area contributed by atoms with Crippen molar-refractivity contribution in [2.45, 2.75) is 18.9 Å². The van der Waals surface area contributed by atoms with Crippen molar-refractivity contribution in [1.82, 2.24) is 5.32 Å². The number of benzene rings is 1. The van der Waals surface area contributed by atoms with E-state index in [9.17, 15) is 4.79 Å². The van der Waals surface area contributed by atoms with Crippen molar-refractivity contribution in [2.24, 2.45) is 5.92 Å². The molecule has 1 aliphatic carbocycles. The Morgan fingerprint density at radius 1 is 1.37 bits per heavy atom. The highest BCUT2D eigenvalue weighted by molar-refractivity contribution is 6.31. The number of halogens is 1. The highest BCUT2D eigenvalue weighted by atomic mass is 35.5. The number of nitrogens with one attached hydrogen (secondary N) is 1. The van der Waals surface area contributed by atoms with Crippen LogP contribution in [0.25, 0.3) is 0 Å². The standard InChI is InChI=1S/C14H14ClNO3/c15-11-4-2-1-3-10(11)13(12-7-18-8-19-12)16-14(17)9-5-6-9/h1-4,7,9,13H,5-6,8H2,(H,16,17). The molecule has 0 spiro atoms. The molecule has 1 aliphatic heterocycles. The van der Waals surface area contributed by atoms with Gasteiger partial charge in [0, 0.05) is 16.5 Å². The minimum absolute atomic E-state index is 0.0429. The van der Waals surface area contributed by atoms with Crippen molar-refractivity contribution in [2.75, 3.05) is 6.79 Å². The molecular weight excluding hydrogens is 266 g/mol. The number of rotatable bonds is 4. The maximum Gasteiger partial charge on any atom is 0.229 e. The molecule has 0 aromatic heterocycles. The highest BCUT2D eigenvalue weighted by Gasteiger charge is 2.33. The second-order valence-electron chi connectivity index (χ2n) is 4.69. The smallest absolute Gasteiger partial charge is 0.229 e. The van der Waals surface area contributed by atoms with Crippen LogP contribution in [0.15, 0.2) is 36.3 Å². The molecule has 3 rings (SSSR count). The second-order valence-corrected chi connectivity index (χ2v) is 5.09. The Bertz CT molecular complexity index is 525. The zero-order chi connectivity index (χ0) is 13.2. The van der Waals surface area contributed by atoms with Gasteiger partial charge in [0.1, 0.15) is 12.3 Å². The fourth-order valence-electron chi connectivity index (χ4n) is 2.02. The summed E-state index contributed by atoms with van der Waals surface area (Å²) in [5, 5.41) is 3.58. The van der Waals surface area contributed by atoms with Crippen molar-refractivity contribution >= 4 is 17.5 Å². The van der Waals surface area contributed by atoms with Gasteiger partial charge in [-0.25, -0.2) is 0 Å². The van der Waals surface area contributed by atoms with E-state index in [2.05, 4.69) is 5.32 Å². The van der Waals surface area contributed by atoms with Crippen LogP contribution in [0.5, 0.6) is 0 Å². The van der Waals surface area contributed by atoms with Gasteiger partial charge < -0.3 is 14.8 Å². The lowest BCUT2D eigenvalue weighted by Gasteiger charge is -2.20. The summed E-state index contributed by atoms with van der Waals surface area (Å²) in [5.74, 6) is 0.760. The van der Waals surface area contributed by atoms with Crippen LogP contribution in [0.4, 0.5) is 0 Å². The number of ether oxygens (including phenoxy) is 2. The van der Waals surface area contributed by atoms with Crippen LogP contribution < -0.4 is 5.32 Å². The van der Waals surface area contributed by atoms with Gasteiger partial charge >= 0.3 is 0 Å². The maximum absolute atomic E-state index is 12.0. The first kappa shape index (κ1) is 12.4. The van der Waals surface area contributed by atoms with E-state index in [0.29, 0.717) is 10.8 Å². The summed E-state index contributed by atoms with van der Waals surface area (Å²) in [6, 6.07) is 7.02. The molecule has 1 unspecified atom stereocenters. The van der Waals surface area contributed by atoms with Gasteiger partial charge in [0.05, 0.1) is 0 Å². The van der Waals surface area contributed by atoms with Gasteiger partial charge in [0.25, 0.3) is 0 Å². The Labute approximate surface area is 116 Å². The first-order valence-electron chi connectivity index (χ1n) is 6.25. The lowest BCUT2D eigenvalue weighted by molar-refractivity contribution is -0.123. The molecule has 1 amide bonds. The predicted molar refractivity (Wildman–Crippen MR) is 70.2 cm³/mol. The van der Waals surface area contributed by atoms with Crippen LogP contribution in [0.2, 0.25) is 5.02 Å². The number of hydrogen-bond acceptors (Lipinski definition) is 3. The molecule has 1 heterocycles. The van der Waals surface area contributed by atoms with Gasteiger partial charge in [-0.3, -0.25) is 4.79 Å². The van der Waals surface area contributed by atoms with Crippen LogP contribution in [0.3, 0.4) is 0 Å². The van der Waals surface area contributed by atoms with Gasteiger partial charge in [-0.2, -0.15) is 0 Å². The van der Waals surface area contributed by atoms with Crippen molar-refractivity contribution in [3.05, 3.63) is 46.9 Å². The zero-order valence-electron chi connectivity index (χ0n) is 10.3. The Kier molecular flexibility index (Phi) is 3.34. The van der Waals surface area contributed by atoms with E-state index in [1.165, 1.54) is 6.26 Å². The largest absolute Gasteiger partial charge is 0.462 e. The summed E-state index contributed by atoms with van der Waals surface area (Å²) in [6.45, 7) is 0.176.